The van der Waals surface area contributed by atoms with Crippen LogP contribution in [0.2, 0.25) is 0 Å². The summed E-state index contributed by atoms with van der Waals surface area (Å²) in [6.07, 6.45) is 5.90. The van der Waals surface area contributed by atoms with Crippen LogP contribution < -0.4 is 16.0 Å². The molecule has 176 valence electrons. The Labute approximate surface area is 198 Å². The van der Waals surface area contributed by atoms with E-state index in [9.17, 15) is 14.4 Å². The Morgan fingerprint density at radius 1 is 0.794 bits per heavy atom. The predicted octanol–water partition coefficient (Wildman–Crippen LogP) is 4.60. The number of furan rings is 1. The number of benzene rings is 2. The summed E-state index contributed by atoms with van der Waals surface area (Å²) in [6.45, 7) is 1.68. The van der Waals surface area contributed by atoms with Crippen molar-refractivity contribution in [2.24, 2.45) is 0 Å². The molecule has 3 amide bonds. The van der Waals surface area contributed by atoms with E-state index in [1.807, 2.05) is 17.0 Å². The van der Waals surface area contributed by atoms with Gasteiger partial charge in [0.2, 0.25) is 5.91 Å². The van der Waals surface area contributed by atoms with E-state index >= 15 is 0 Å². The molecule has 1 aliphatic rings. The molecule has 0 bridgehead atoms. The topological polar surface area (TPSA) is 104 Å². The van der Waals surface area contributed by atoms with Crippen LogP contribution in [0, 0.1) is 0 Å². The fourth-order valence-electron chi connectivity index (χ4n) is 3.85. The molecule has 0 radical (unpaired) electrons. The van der Waals surface area contributed by atoms with Crippen molar-refractivity contribution in [3.8, 4) is 0 Å². The molecule has 1 aliphatic heterocycles. The van der Waals surface area contributed by atoms with Crippen molar-refractivity contribution in [1.29, 1.82) is 0 Å². The van der Waals surface area contributed by atoms with Gasteiger partial charge in [-0.15, -0.1) is 0 Å². The number of hydrogen-bond donors (Lipinski definition) is 3. The quantitative estimate of drug-likeness (QED) is 0.478. The SMILES string of the molecule is O=C(CNc1ccc(C(=O)N2CCCCCC2)cc1)Nc1cccc(NC(=O)c2ccco2)c1. The van der Waals surface area contributed by atoms with Crippen LogP contribution in [-0.4, -0.2) is 42.3 Å². The van der Waals surface area contributed by atoms with Gasteiger partial charge in [-0.2, -0.15) is 0 Å². The first-order chi connectivity index (χ1) is 16.6. The number of carbonyl (C=O) groups is 3. The minimum atomic E-state index is -0.368. The van der Waals surface area contributed by atoms with Crippen molar-refractivity contribution < 1.29 is 18.8 Å². The van der Waals surface area contributed by atoms with E-state index < -0.39 is 0 Å². The van der Waals surface area contributed by atoms with E-state index in [1.165, 1.54) is 19.1 Å². The third kappa shape index (κ3) is 6.25. The third-order valence-corrected chi connectivity index (χ3v) is 5.63. The Morgan fingerprint density at radius 3 is 2.18 bits per heavy atom. The number of likely N-dealkylation sites (tertiary alicyclic amines) is 1. The first-order valence-electron chi connectivity index (χ1n) is 11.5. The van der Waals surface area contributed by atoms with Crippen molar-refractivity contribution in [2.75, 3.05) is 35.6 Å². The second-order valence-electron chi connectivity index (χ2n) is 8.20. The van der Waals surface area contributed by atoms with Crippen LogP contribution in [0.25, 0.3) is 0 Å². The van der Waals surface area contributed by atoms with Crippen LogP contribution in [0.4, 0.5) is 17.1 Å². The van der Waals surface area contributed by atoms with Gasteiger partial charge in [0, 0.05) is 35.7 Å². The highest BCUT2D eigenvalue weighted by molar-refractivity contribution is 6.03. The van der Waals surface area contributed by atoms with Gasteiger partial charge in [-0.3, -0.25) is 14.4 Å². The summed E-state index contributed by atoms with van der Waals surface area (Å²) in [4.78, 5) is 39.1. The molecule has 0 aliphatic carbocycles. The van der Waals surface area contributed by atoms with Crippen LogP contribution in [0.5, 0.6) is 0 Å². The Hall–Kier alpha value is -4.07. The first-order valence-corrected chi connectivity index (χ1v) is 11.5. The van der Waals surface area contributed by atoms with Crippen LogP contribution in [0.1, 0.15) is 46.6 Å². The van der Waals surface area contributed by atoms with Crippen molar-refractivity contribution >= 4 is 34.8 Å². The van der Waals surface area contributed by atoms with Crippen molar-refractivity contribution in [1.82, 2.24) is 4.90 Å². The van der Waals surface area contributed by atoms with E-state index in [0.29, 0.717) is 16.9 Å². The molecular weight excluding hydrogens is 432 g/mol. The van der Waals surface area contributed by atoms with E-state index in [1.54, 1.807) is 48.5 Å². The number of nitrogens with one attached hydrogen (secondary N) is 3. The molecule has 0 unspecified atom stereocenters. The lowest BCUT2D eigenvalue weighted by Crippen LogP contribution is -2.31. The molecule has 4 rings (SSSR count). The molecule has 1 aromatic heterocycles. The first kappa shape index (κ1) is 23.1. The Bertz CT molecular complexity index is 1120. The second-order valence-corrected chi connectivity index (χ2v) is 8.20. The molecule has 2 aromatic carbocycles. The van der Waals surface area contributed by atoms with Gasteiger partial charge in [0.15, 0.2) is 5.76 Å². The molecule has 3 aromatic rings. The van der Waals surface area contributed by atoms with E-state index in [-0.39, 0.29) is 30.0 Å². The molecule has 2 heterocycles. The summed E-state index contributed by atoms with van der Waals surface area (Å²) in [7, 11) is 0. The summed E-state index contributed by atoms with van der Waals surface area (Å²) in [6, 6.07) is 17.3. The number of carbonyl (C=O) groups excluding carboxylic acids is 3. The molecule has 0 atom stereocenters. The smallest absolute Gasteiger partial charge is 0.291 e. The molecule has 3 N–H and O–H groups in total. The fraction of sp³-hybridized carbons (Fsp3) is 0.269. The molecular formula is C26H28N4O4. The maximum absolute atomic E-state index is 12.7. The molecule has 8 heteroatoms. The lowest BCUT2D eigenvalue weighted by Gasteiger charge is -2.20. The van der Waals surface area contributed by atoms with Gasteiger partial charge in [-0.25, -0.2) is 0 Å². The van der Waals surface area contributed by atoms with Gasteiger partial charge in [0.25, 0.3) is 11.8 Å². The third-order valence-electron chi connectivity index (χ3n) is 5.63. The fourth-order valence-corrected chi connectivity index (χ4v) is 3.85. The zero-order valence-corrected chi connectivity index (χ0v) is 18.9. The highest BCUT2D eigenvalue weighted by Gasteiger charge is 2.17. The summed E-state index contributed by atoms with van der Waals surface area (Å²) >= 11 is 0. The predicted molar refractivity (Wildman–Crippen MR) is 131 cm³/mol. The maximum Gasteiger partial charge on any atom is 0.291 e. The lowest BCUT2D eigenvalue weighted by atomic mass is 10.1. The van der Waals surface area contributed by atoms with E-state index in [2.05, 4.69) is 16.0 Å². The number of hydrogen-bond acceptors (Lipinski definition) is 5. The summed E-state index contributed by atoms with van der Waals surface area (Å²) < 4.78 is 5.08. The van der Waals surface area contributed by atoms with Gasteiger partial charge in [-0.05, 0) is 67.4 Å². The average Bonchev–Trinajstić information content (AvgIpc) is 3.26. The molecule has 1 fully saturated rings. The Morgan fingerprint density at radius 2 is 1.50 bits per heavy atom. The van der Waals surface area contributed by atoms with E-state index in [4.69, 9.17) is 4.42 Å². The van der Waals surface area contributed by atoms with Gasteiger partial charge >= 0.3 is 0 Å². The van der Waals surface area contributed by atoms with Crippen molar-refractivity contribution in [3.63, 3.8) is 0 Å². The molecule has 1 saturated heterocycles. The van der Waals surface area contributed by atoms with Gasteiger partial charge in [-0.1, -0.05) is 18.9 Å². The number of amides is 3. The zero-order valence-electron chi connectivity index (χ0n) is 18.9. The van der Waals surface area contributed by atoms with E-state index in [0.717, 1.165) is 31.6 Å². The highest BCUT2D eigenvalue weighted by Crippen LogP contribution is 2.18. The summed E-state index contributed by atoms with van der Waals surface area (Å²) in [5.74, 6) is -0.338. The summed E-state index contributed by atoms with van der Waals surface area (Å²) in [5, 5.41) is 8.60. The standard InChI is InChI=1S/C26H28N4O4/c31-24(28-21-7-5-8-22(17-21)29-25(32)23-9-6-16-34-23)18-27-20-12-10-19(11-13-20)26(33)30-14-3-1-2-4-15-30/h5-13,16-17,27H,1-4,14-15,18H2,(H,28,31)(H,29,32). The molecule has 34 heavy (non-hydrogen) atoms. The van der Waals surface area contributed by atoms with Crippen LogP contribution in [0.15, 0.2) is 71.3 Å². The van der Waals surface area contributed by atoms with Gasteiger partial charge < -0.3 is 25.3 Å². The minimum Gasteiger partial charge on any atom is -0.459 e. The molecule has 0 saturated carbocycles. The van der Waals surface area contributed by atoms with Crippen molar-refractivity contribution in [2.45, 2.75) is 25.7 Å². The van der Waals surface area contributed by atoms with Crippen LogP contribution in [-0.2, 0) is 4.79 Å². The maximum atomic E-state index is 12.7. The average molecular weight is 461 g/mol. The number of anilines is 3. The van der Waals surface area contributed by atoms with Crippen LogP contribution >= 0.6 is 0 Å². The highest BCUT2D eigenvalue weighted by atomic mass is 16.3. The molecule has 8 nitrogen and oxygen atoms in total. The monoisotopic (exact) mass is 460 g/mol. The lowest BCUT2D eigenvalue weighted by molar-refractivity contribution is -0.114. The second kappa shape index (κ2) is 11.2. The molecule has 0 spiro atoms. The van der Waals surface area contributed by atoms with Crippen molar-refractivity contribution in [3.05, 3.63) is 78.3 Å². The number of nitrogens with zero attached hydrogens (tertiary/aromatic N) is 1. The minimum absolute atomic E-state index is 0.0579. The van der Waals surface area contributed by atoms with Gasteiger partial charge in [0.1, 0.15) is 0 Å². The summed E-state index contributed by atoms with van der Waals surface area (Å²) in [5.41, 5.74) is 2.51. The zero-order chi connectivity index (χ0) is 23.8. The Balaban J connectivity index is 1.27. The van der Waals surface area contributed by atoms with Gasteiger partial charge in [0.05, 0.1) is 12.8 Å². The Kier molecular flexibility index (Phi) is 7.60. The number of rotatable bonds is 7. The normalized spacial score (nSPS) is 13.6. The largest absolute Gasteiger partial charge is 0.459 e. The van der Waals surface area contributed by atoms with Crippen LogP contribution in [0.3, 0.4) is 0 Å².